The fraction of sp³-hybridized carbons (Fsp3) is 0.143. The Morgan fingerprint density at radius 1 is 1.54 bits per heavy atom. The predicted octanol–water partition coefficient (Wildman–Crippen LogP) is -0.00632. The van der Waals surface area contributed by atoms with Crippen LogP contribution in [-0.4, -0.2) is 21.0 Å². The van der Waals surface area contributed by atoms with E-state index in [4.69, 9.17) is 15.2 Å². The van der Waals surface area contributed by atoms with Crippen molar-refractivity contribution in [2.75, 3.05) is 0 Å². The van der Waals surface area contributed by atoms with E-state index < -0.39 is 5.97 Å². The van der Waals surface area contributed by atoms with Crippen LogP contribution < -0.4 is 5.73 Å². The number of rotatable bonds is 0. The molecule has 0 aliphatic heterocycles. The molecule has 0 radical (unpaired) electrons. The maximum Gasteiger partial charge on any atom is 0.300 e. The van der Waals surface area contributed by atoms with E-state index in [1.54, 1.807) is 18.5 Å². The van der Waals surface area contributed by atoms with Crippen LogP contribution in [-0.2, 0) is 4.79 Å². The summed E-state index contributed by atoms with van der Waals surface area (Å²) in [5, 5.41) is 14.5. The maximum atomic E-state index is 9.00. The summed E-state index contributed by atoms with van der Waals surface area (Å²) >= 11 is 0. The number of nitrogens with two attached hydrogens (primary N) is 1. The average molecular weight is 182 g/mol. The van der Waals surface area contributed by atoms with E-state index in [0.717, 1.165) is 6.92 Å². The van der Waals surface area contributed by atoms with Crippen LogP contribution in [0.4, 0.5) is 0 Å². The number of carboxylic acids is 1. The van der Waals surface area contributed by atoms with Gasteiger partial charge in [-0.1, -0.05) is 0 Å². The number of hydrogen-bond acceptors (Lipinski definition) is 5. The van der Waals surface area contributed by atoms with Gasteiger partial charge in [0.05, 0.1) is 0 Å². The lowest BCUT2D eigenvalue weighted by Gasteiger charge is -1.70. The van der Waals surface area contributed by atoms with Crippen LogP contribution in [0.15, 0.2) is 24.8 Å². The van der Waals surface area contributed by atoms with Crippen LogP contribution in [0.3, 0.4) is 0 Å². The lowest BCUT2D eigenvalue weighted by molar-refractivity contribution is -0.134. The molecule has 0 aliphatic rings. The van der Waals surface area contributed by atoms with Crippen LogP contribution in [0.1, 0.15) is 6.92 Å². The highest BCUT2D eigenvalue weighted by Gasteiger charge is 1.65. The van der Waals surface area contributed by atoms with Crippen LogP contribution in [0.5, 0.6) is 0 Å². The highest BCUT2D eigenvalue weighted by molar-refractivity contribution is 5.62. The second-order valence-corrected chi connectivity index (χ2v) is 1.55. The van der Waals surface area contributed by atoms with Crippen molar-refractivity contribution < 1.29 is 9.90 Å². The number of carbonyl (C=O) groups is 1. The Bertz CT molecular complexity index is 214. The van der Waals surface area contributed by atoms with Gasteiger partial charge in [-0.15, -0.1) is 0 Å². The monoisotopic (exact) mass is 182 g/mol. The van der Waals surface area contributed by atoms with E-state index in [-0.39, 0.29) is 0 Å². The SMILES string of the molecule is CC(=O)O.N#CN.c1cncnc1. The van der Waals surface area contributed by atoms with Crippen molar-refractivity contribution in [1.29, 1.82) is 5.26 Å². The number of aliphatic carboxylic acids is 1. The quantitative estimate of drug-likeness (QED) is 0.431. The Labute approximate surface area is 75.7 Å². The number of hydrogen-bond donors (Lipinski definition) is 2. The van der Waals surface area contributed by atoms with E-state index in [1.807, 2.05) is 0 Å². The molecule has 1 rings (SSSR count). The molecule has 70 valence electrons. The summed E-state index contributed by atoms with van der Waals surface area (Å²) in [6.07, 6.45) is 6.12. The summed E-state index contributed by atoms with van der Waals surface area (Å²) in [5.74, 6) is -0.833. The molecule has 0 saturated carbocycles. The summed E-state index contributed by atoms with van der Waals surface area (Å²) < 4.78 is 0. The molecule has 0 saturated heterocycles. The molecule has 1 heterocycles. The van der Waals surface area contributed by atoms with Gasteiger partial charge in [0.1, 0.15) is 6.33 Å². The van der Waals surface area contributed by atoms with Crippen molar-refractivity contribution in [3.05, 3.63) is 24.8 Å². The first-order valence-corrected chi connectivity index (χ1v) is 3.14. The van der Waals surface area contributed by atoms with Gasteiger partial charge in [0.15, 0.2) is 6.19 Å². The van der Waals surface area contributed by atoms with Gasteiger partial charge in [-0.3, -0.25) is 4.79 Å². The lowest BCUT2D eigenvalue weighted by Crippen LogP contribution is -1.78. The fourth-order valence-corrected chi connectivity index (χ4v) is 0.253. The Balaban J connectivity index is 0. The molecule has 0 fully saturated rings. The molecule has 13 heavy (non-hydrogen) atoms. The van der Waals surface area contributed by atoms with E-state index >= 15 is 0 Å². The molecule has 0 atom stereocenters. The van der Waals surface area contributed by atoms with Gasteiger partial charge in [-0.2, -0.15) is 5.26 Å². The molecule has 0 bridgehead atoms. The van der Waals surface area contributed by atoms with Crippen molar-refractivity contribution in [1.82, 2.24) is 9.97 Å². The molecule has 3 N–H and O–H groups in total. The van der Waals surface area contributed by atoms with Crippen molar-refractivity contribution in [3.8, 4) is 6.19 Å². The molecule has 1 aromatic heterocycles. The molecule has 1 aromatic rings. The topological polar surface area (TPSA) is 113 Å². The fourth-order valence-electron chi connectivity index (χ4n) is 0.253. The Morgan fingerprint density at radius 2 is 1.85 bits per heavy atom. The van der Waals surface area contributed by atoms with Gasteiger partial charge in [0.25, 0.3) is 5.97 Å². The zero-order valence-corrected chi connectivity index (χ0v) is 7.08. The molecule has 6 heteroatoms. The summed E-state index contributed by atoms with van der Waals surface area (Å²) in [4.78, 5) is 16.3. The molecular weight excluding hydrogens is 172 g/mol. The number of nitriles is 1. The summed E-state index contributed by atoms with van der Waals surface area (Å²) in [5.41, 5.74) is 4.15. The molecule has 0 aliphatic carbocycles. The highest BCUT2D eigenvalue weighted by Crippen LogP contribution is 1.66. The standard InChI is InChI=1S/C4H4N2.C2H4O2.CH2N2/c1-2-5-4-6-3-1;1-2(3)4;2-1-3/h1-4H;1H3,(H,3,4);2H2. The minimum Gasteiger partial charge on any atom is -0.481 e. The summed E-state index contributed by atoms with van der Waals surface area (Å²) in [7, 11) is 0. The first-order chi connectivity index (χ1) is 6.15. The zero-order valence-electron chi connectivity index (χ0n) is 7.08. The summed E-state index contributed by atoms with van der Waals surface area (Å²) in [6, 6.07) is 1.78. The third kappa shape index (κ3) is 41.0. The van der Waals surface area contributed by atoms with Gasteiger partial charge >= 0.3 is 0 Å². The van der Waals surface area contributed by atoms with Crippen molar-refractivity contribution in [3.63, 3.8) is 0 Å². The molecule has 0 amide bonds. The predicted molar refractivity (Wildman–Crippen MR) is 45.1 cm³/mol. The Kier molecular flexibility index (Phi) is 12.9. The van der Waals surface area contributed by atoms with E-state index in [0.29, 0.717) is 0 Å². The molecule has 6 nitrogen and oxygen atoms in total. The van der Waals surface area contributed by atoms with Gasteiger partial charge in [-0.05, 0) is 6.07 Å². The van der Waals surface area contributed by atoms with Crippen LogP contribution in [0.25, 0.3) is 0 Å². The molecular formula is C7H10N4O2. The van der Waals surface area contributed by atoms with Crippen LogP contribution in [0.2, 0.25) is 0 Å². The zero-order chi connectivity index (χ0) is 10.5. The van der Waals surface area contributed by atoms with E-state index in [1.165, 1.54) is 12.5 Å². The van der Waals surface area contributed by atoms with Gasteiger partial charge in [0.2, 0.25) is 0 Å². The lowest BCUT2D eigenvalue weighted by atomic mass is 10.7. The van der Waals surface area contributed by atoms with Crippen molar-refractivity contribution >= 4 is 5.97 Å². The Hall–Kier alpha value is -2.16. The van der Waals surface area contributed by atoms with E-state index in [2.05, 4.69) is 15.7 Å². The van der Waals surface area contributed by atoms with Gasteiger partial charge in [-0.25, -0.2) is 9.97 Å². The minimum absolute atomic E-state index is 0.833. The molecule has 0 spiro atoms. The first kappa shape index (κ1) is 13.4. The first-order valence-electron chi connectivity index (χ1n) is 3.14. The second-order valence-electron chi connectivity index (χ2n) is 1.55. The normalized spacial score (nSPS) is 6.15. The van der Waals surface area contributed by atoms with Crippen molar-refractivity contribution in [2.24, 2.45) is 5.73 Å². The van der Waals surface area contributed by atoms with Gasteiger partial charge in [0, 0.05) is 19.3 Å². The molecule has 0 unspecified atom stereocenters. The van der Waals surface area contributed by atoms with E-state index in [9.17, 15) is 0 Å². The average Bonchev–Trinajstić information content (AvgIpc) is 2.08. The largest absolute Gasteiger partial charge is 0.481 e. The Morgan fingerprint density at radius 3 is 1.92 bits per heavy atom. The number of aromatic nitrogens is 2. The van der Waals surface area contributed by atoms with Crippen LogP contribution in [0, 0.1) is 11.5 Å². The second kappa shape index (κ2) is 12.5. The minimum atomic E-state index is -0.833. The highest BCUT2D eigenvalue weighted by atomic mass is 16.4. The third-order valence-corrected chi connectivity index (χ3v) is 0.478. The third-order valence-electron chi connectivity index (χ3n) is 0.478. The van der Waals surface area contributed by atoms with Crippen molar-refractivity contribution in [2.45, 2.75) is 6.92 Å². The molecule has 0 aromatic carbocycles. The van der Waals surface area contributed by atoms with Gasteiger partial charge < -0.3 is 10.8 Å². The summed E-state index contributed by atoms with van der Waals surface area (Å²) in [6.45, 7) is 1.08. The number of nitrogens with zero attached hydrogens (tertiary/aromatic N) is 3. The van der Waals surface area contributed by atoms with Crippen LogP contribution >= 0.6 is 0 Å². The maximum absolute atomic E-state index is 9.00. The number of carboxylic acid groups (broad SMARTS) is 1. The smallest absolute Gasteiger partial charge is 0.300 e.